The Bertz CT molecular complexity index is 471. The highest BCUT2D eigenvalue weighted by atomic mass is 16.2. The summed E-state index contributed by atoms with van der Waals surface area (Å²) in [6.45, 7) is 5.64. The third-order valence-electron chi connectivity index (χ3n) is 4.16. The van der Waals surface area contributed by atoms with Gasteiger partial charge < -0.3 is 11.1 Å². The fraction of sp³-hybridized carbons (Fsp3) is 0.588. The van der Waals surface area contributed by atoms with Crippen molar-refractivity contribution >= 4 is 11.6 Å². The summed E-state index contributed by atoms with van der Waals surface area (Å²) in [5, 5.41) is 3.04. The second-order valence-corrected chi connectivity index (χ2v) is 5.85. The van der Waals surface area contributed by atoms with Gasteiger partial charge in [-0.2, -0.15) is 0 Å². The van der Waals surface area contributed by atoms with Crippen LogP contribution in [0.4, 0.5) is 5.69 Å². The lowest BCUT2D eigenvalue weighted by atomic mass is 10.1. The van der Waals surface area contributed by atoms with Gasteiger partial charge in [0.25, 0.3) is 0 Å². The molecular formula is C17H27N3O. The molecule has 1 saturated carbocycles. The molecule has 0 heterocycles. The maximum Gasteiger partial charge on any atom is 0.241 e. The Balaban J connectivity index is 2.00. The lowest BCUT2D eigenvalue weighted by Gasteiger charge is -2.28. The Morgan fingerprint density at radius 1 is 1.43 bits per heavy atom. The lowest BCUT2D eigenvalue weighted by molar-refractivity contribution is -0.121. The Morgan fingerprint density at radius 3 is 2.76 bits per heavy atom. The highest BCUT2D eigenvalue weighted by Gasteiger charge is 2.34. The van der Waals surface area contributed by atoms with E-state index in [1.807, 2.05) is 31.2 Å². The molecule has 2 rings (SSSR count). The molecule has 0 saturated heterocycles. The van der Waals surface area contributed by atoms with E-state index in [-0.39, 0.29) is 11.9 Å². The Kier molecular flexibility index (Phi) is 5.76. The largest absolute Gasteiger partial charge is 0.326 e. The summed E-state index contributed by atoms with van der Waals surface area (Å²) in [6.07, 6.45) is 4.75. The van der Waals surface area contributed by atoms with Crippen LogP contribution in [0.3, 0.4) is 0 Å². The van der Waals surface area contributed by atoms with Gasteiger partial charge in [0.05, 0.1) is 6.04 Å². The molecule has 4 nitrogen and oxygen atoms in total. The predicted octanol–water partition coefficient (Wildman–Crippen LogP) is 2.74. The smallest absolute Gasteiger partial charge is 0.241 e. The molecule has 1 amide bonds. The van der Waals surface area contributed by atoms with Gasteiger partial charge in [0.2, 0.25) is 5.91 Å². The molecule has 0 bridgehead atoms. The summed E-state index contributed by atoms with van der Waals surface area (Å²) in [5.41, 5.74) is 7.54. The number of rotatable bonds is 8. The molecular weight excluding hydrogens is 262 g/mol. The molecule has 1 atom stereocenters. The van der Waals surface area contributed by atoms with Crippen molar-refractivity contribution in [3.8, 4) is 0 Å². The van der Waals surface area contributed by atoms with E-state index in [2.05, 4.69) is 17.1 Å². The number of nitrogens with two attached hydrogens (primary N) is 1. The number of hydrogen-bond acceptors (Lipinski definition) is 3. The molecule has 1 fully saturated rings. The van der Waals surface area contributed by atoms with E-state index in [0.29, 0.717) is 12.6 Å². The van der Waals surface area contributed by atoms with E-state index < -0.39 is 0 Å². The second kappa shape index (κ2) is 7.57. The summed E-state index contributed by atoms with van der Waals surface area (Å²) in [7, 11) is 0. The Hall–Kier alpha value is -1.39. The standard InChI is InChI=1S/C17H27N3O/c1-3-4-11-20(15-9-10-15)13(2)17(21)19-16-8-6-5-7-14(16)12-18/h5-8,13,15H,3-4,9-12,18H2,1-2H3,(H,19,21). The van der Waals surface area contributed by atoms with Crippen molar-refractivity contribution in [2.24, 2.45) is 5.73 Å². The first-order chi connectivity index (χ1) is 10.2. The fourth-order valence-electron chi connectivity index (χ4n) is 2.65. The Labute approximate surface area is 127 Å². The van der Waals surface area contributed by atoms with Gasteiger partial charge in [0.1, 0.15) is 0 Å². The van der Waals surface area contributed by atoms with E-state index in [1.165, 1.54) is 12.8 Å². The van der Waals surface area contributed by atoms with Crippen molar-refractivity contribution < 1.29 is 4.79 Å². The maximum atomic E-state index is 12.5. The van der Waals surface area contributed by atoms with Crippen molar-refractivity contribution in [1.29, 1.82) is 0 Å². The number of nitrogens with zero attached hydrogens (tertiary/aromatic N) is 1. The summed E-state index contributed by atoms with van der Waals surface area (Å²) in [6, 6.07) is 8.25. The van der Waals surface area contributed by atoms with Gasteiger partial charge in [-0.05, 0) is 44.4 Å². The Morgan fingerprint density at radius 2 is 2.14 bits per heavy atom. The van der Waals surface area contributed by atoms with Crippen molar-refractivity contribution in [2.75, 3.05) is 11.9 Å². The number of amides is 1. The molecule has 1 aromatic carbocycles. The minimum atomic E-state index is -0.0881. The molecule has 116 valence electrons. The van der Waals surface area contributed by atoms with Crippen LogP contribution in [0.25, 0.3) is 0 Å². The first kappa shape index (κ1) is 16.0. The molecule has 1 aliphatic carbocycles. The van der Waals surface area contributed by atoms with E-state index in [4.69, 9.17) is 5.73 Å². The van der Waals surface area contributed by atoms with Crippen LogP contribution in [0.15, 0.2) is 24.3 Å². The maximum absolute atomic E-state index is 12.5. The van der Waals surface area contributed by atoms with Crippen molar-refractivity contribution in [3.05, 3.63) is 29.8 Å². The van der Waals surface area contributed by atoms with Crippen LogP contribution in [-0.2, 0) is 11.3 Å². The number of unbranched alkanes of at least 4 members (excludes halogenated alkanes) is 1. The van der Waals surface area contributed by atoms with E-state index in [0.717, 1.165) is 30.6 Å². The molecule has 4 heteroatoms. The monoisotopic (exact) mass is 289 g/mol. The number of para-hydroxylation sites is 1. The summed E-state index contributed by atoms with van der Waals surface area (Å²) in [5.74, 6) is 0.0684. The molecule has 0 spiro atoms. The molecule has 1 aromatic rings. The quantitative estimate of drug-likeness (QED) is 0.773. The summed E-state index contributed by atoms with van der Waals surface area (Å²) < 4.78 is 0. The topological polar surface area (TPSA) is 58.4 Å². The van der Waals surface area contributed by atoms with Crippen molar-refractivity contribution in [2.45, 2.75) is 58.2 Å². The van der Waals surface area contributed by atoms with Gasteiger partial charge in [0, 0.05) is 18.3 Å². The number of carbonyl (C=O) groups is 1. The first-order valence-corrected chi connectivity index (χ1v) is 8.02. The number of benzene rings is 1. The zero-order valence-electron chi connectivity index (χ0n) is 13.1. The van der Waals surface area contributed by atoms with Crippen LogP contribution in [0.1, 0.15) is 45.1 Å². The van der Waals surface area contributed by atoms with Crippen LogP contribution in [0.5, 0.6) is 0 Å². The fourth-order valence-corrected chi connectivity index (χ4v) is 2.65. The highest BCUT2D eigenvalue weighted by molar-refractivity contribution is 5.95. The van der Waals surface area contributed by atoms with Crippen LogP contribution in [0.2, 0.25) is 0 Å². The molecule has 0 aliphatic heterocycles. The van der Waals surface area contributed by atoms with Gasteiger partial charge in [-0.25, -0.2) is 0 Å². The average Bonchev–Trinajstić information content (AvgIpc) is 3.32. The molecule has 1 unspecified atom stereocenters. The number of hydrogen-bond donors (Lipinski definition) is 2. The SMILES string of the molecule is CCCCN(C1CC1)C(C)C(=O)Nc1ccccc1CN. The van der Waals surface area contributed by atoms with Gasteiger partial charge in [-0.1, -0.05) is 31.5 Å². The van der Waals surface area contributed by atoms with Crippen LogP contribution >= 0.6 is 0 Å². The first-order valence-electron chi connectivity index (χ1n) is 8.02. The number of anilines is 1. The molecule has 0 radical (unpaired) electrons. The normalized spacial score (nSPS) is 16.0. The van der Waals surface area contributed by atoms with Crippen molar-refractivity contribution in [1.82, 2.24) is 4.90 Å². The van der Waals surface area contributed by atoms with Gasteiger partial charge in [-0.15, -0.1) is 0 Å². The van der Waals surface area contributed by atoms with Crippen LogP contribution in [-0.4, -0.2) is 29.4 Å². The zero-order valence-corrected chi connectivity index (χ0v) is 13.1. The van der Waals surface area contributed by atoms with Crippen LogP contribution in [0, 0.1) is 0 Å². The minimum Gasteiger partial charge on any atom is -0.326 e. The van der Waals surface area contributed by atoms with Gasteiger partial charge >= 0.3 is 0 Å². The van der Waals surface area contributed by atoms with E-state index >= 15 is 0 Å². The predicted molar refractivity (Wildman–Crippen MR) is 87.1 cm³/mol. The number of nitrogens with one attached hydrogen (secondary N) is 1. The molecule has 0 aromatic heterocycles. The number of carbonyl (C=O) groups excluding carboxylic acids is 1. The van der Waals surface area contributed by atoms with E-state index in [9.17, 15) is 4.79 Å². The molecule has 3 N–H and O–H groups in total. The summed E-state index contributed by atoms with van der Waals surface area (Å²) in [4.78, 5) is 14.9. The zero-order chi connectivity index (χ0) is 15.2. The van der Waals surface area contributed by atoms with Crippen molar-refractivity contribution in [3.63, 3.8) is 0 Å². The summed E-state index contributed by atoms with van der Waals surface area (Å²) >= 11 is 0. The second-order valence-electron chi connectivity index (χ2n) is 5.85. The lowest BCUT2D eigenvalue weighted by Crippen LogP contribution is -2.44. The third-order valence-corrected chi connectivity index (χ3v) is 4.16. The minimum absolute atomic E-state index is 0.0684. The van der Waals surface area contributed by atoms with E-state index in [1.54, 1.807) is 0 Å². The average molecular weight is 289 g/mol. The van der Waals surface area contributed by atoms with Gasteiger partial charge in [0.15, 0.2) is 0 Å². The molecule has 1 aliphatic rings. The van der Waals surface area contributed by atoms with Gasteiger partial charge in [-0.3, -0.25) is 9.69 Å². The molecule has 21 heavy (non-hydrogen) atoms. The highest BCUT2D eigenvalue weighted by Crippen LogP contribution is 2.29. The third kappa shape index (κ3) is 4.29. The van der Waals surface area contributed by atoms with Crippen LogP contribution < -0.4 is 11.1 Å².